The van der Waals surface area contributed by atoms with Crippen LogP contribution in [0.4, 0.5) is 0 Å². The van der Waals surface area contributed by atoms with Crippen LogP contribution in [0.5, 0.6) is 0 Å². The van der Waals surface area contributed by atoms with Gasteiger partial charge in [0.15, 0.2) is 0 Å². The highest BCUT2D eigenvalue weighted by atomic mass is 16.5. The zero-order valence-electron chi connectivity index (χ0n) is 9.40. The number of unbranched alkanes of at least 4 members (excludes halogenated alkanes) is 1. The molecule has 0 heterocycles. The Kier molecular flexibility index (Phi) is 5.07. The third kappa shape index (κ3) is 4.14. The average Bonchev–Trinajstić information content (AvgIpc) is 2.30. The summed E-state index contributed by atoms with van der Waals surface area (Å²) in [5.41, 5.74) is 1.48. The van der Waals surface area contributed by atoms with Crippen molar-refractivity contribution in [3.8, 4) is 6.07 Å². The first kappa shape index (κ1) is 12.3. The van der Waals surface area contributed by atoms with Crippen molar-refractivity contribution in [3.63, 3.8) is 0 Å². The largest absolute Gasteiger partial charge is 0.465 e. The van der Waals surface area contributed by atoms with Gasteiger partial charge < -0.3 is 4.74 Å². The zero-order chi connectivity index (χ0) is 11.8. The molecular weight excluding hydrogens is 202 g/mol. The molecule has 16 heavy (non-hydrogen) atoms. The van der Waals surface area contributed by atoms with E-state index in [-0.39, 0.29) is 12.4 Å². The maximum Gasteiger partial charge on any atom is 0.310 e. The highest BCUT2D eigenvalue weighted by Crippen LogP contribution is 2.05. The van der Waals surface area contributed by atoms with E-state index in [0.717, 1.165) is 18.4 Å². The number of hydrogen-bond acceptors (Lipinski definition) is 3. The molecule has 0 saturated carbocycles. The lowest BCUT2D eigenvalue weighted by Gasteiger charge is -2.03. The van der Waals surface area contributed by atoms with Gasteiger partial charge >= 0.3 is 5.97 Å². The zero-order valence-corrected chi connectivity index (χ0v) is 9.40. The predicted octanol–water partition coefficient (Wildman–Crippen LogP) is 2.44. The number of nitriles is 1. The molecule has 0 fully saturated rings. The Labute approximate surface area is 95.7 Å². The van der Waals surface area contributed by atoms with Gasteiger partial charge in [0, 0.05) is 0 Å². The molecule has 0 saturated heterocycles. The molecule has 1 aromatic rings. The molecule has 0 N–H and O–H groups in total. The summed E-state index contributed by atoms with van der Waals surface area (Å²) in [6.45, 7) is 2.54. The van der Waals surface area contributed by atoms with Crippen LogP contribution < -0.4 is 0 Å². The summed E-state index contributed by atoms with van der Waals surface area (Å²) in [4.78, 5) is 11.4. The fraction of sp³-hybridized carbons (Fsp3) is 0.385. The Balaban J connectivity index is 2.41. The lowest BCUT2D eigenvalue weighted by Crippen LogP contribution is -2.08. The summed E-state index contributed by atoms with van der Waals surface area (Å²) in [5.74, 6) is -0.210. The second-order valence-electron chi connectivity index (χ2n) is 3.56. The summed E-state index contributed by atoms with van der Waals surface area (Å²) in [5, 5.41) is 8.61. The van der Waals surface area contributed by atoms with Crippen LogP contribution in [0, 0.1) is 11.3 Å². The number of ether oxygens (including phenoxy) is 1. The van der Waals surface area contributed by atoms with Gasteiger partial charge in [-0.3, -0.25) is 4.79 Å². The van der Waals surface area contributed by atoms with E-state index < -0.39 is 0 Å². The maximum atomic E-state index is 11.4. The van der Waals surface area contributed by atoms with E-state index in [1.54, 1.807) is 24.3 Å². The van der Waals surface area contributed by atoms with Gasteiger partial charge in [0.05, 0.1) is 24.7 Å². The summed E-state index contributed by atoms with van der Waals surface area (Å²) < 4.78 is 5.04. The summed E-state index contributed by atoms with van der Waals surface area (Å²) in [6.07, 6.45) is 2.19. The van der Waals surface area contributed by atoms with E-state index in [1.165, 1.54) is 0 Å². The fourth-order valence-electron chi connectivity index (χ4n) is 1.25. The average molecular weight is 217 g/mol. The highest BCUT2D eigenvalue weighted by Gasteiger charge is 2.04. The molecule has 1 rings (SSSR count). The maximum absolute atomic E-state index is 11.4. The number of esters is 1. The van der Waals surface area contributed by atoms with Gasteiger partial charge in [-0.15, -0.1) is 0 Å². The van der Waals surface area contributed by atoms with Gasteiger partial charge in [-0.05, 0) is 24.1 Å². The molecular formula is C13H15NO2. The summed E-state index contributed by atoms with van der Waals surface area (Å²) >= 11 is 0. The van der Waals surface area contributed by atoms with Crippen molar-refractivity contribution in [1.29, 1.82) is 5.26 Å². The van der Waals surface area contributed by atoms with E-state index in [2.05, 4.69) is 6.92 Å². The number of nitrogens with zero attached hydrogens (tertiary/aromatic N) is 1. The lowest BCUT2D eigenvalue weighted by molar-refractivity contribution is -0.142. The normalized spacial score (nSPS) is 9.50. The molecule has 0 aliphatic heterocycles. The molecule has 0 atom stereocenters. The monoisotopic (exact) mass is 217 g/mol. The molecule has 0 aliphatic carbocycles. The second-order valence-corrected chi connectivity index (χ2v) is 3.56. The molecule has 0 radical (unpaired) electrons. The molecule has 0 amide bonds. The Bertz CT molecular complexity index is 376. The van der Waals surface area contributed by atoms with E-state index in [4.69, 9.17) is 10.00 Å². The van der Waals surface area contributed by atoms with Crippen molar-refractivity contribution in [2.24, 2.45) is 0 Å². The van der Waals surface area contributed by atoms with Crippen molar-refractivity contribution in [2.75, 3.05) is 6.61 Å². The van der Waals surface area contributed by atoms with Crippen LogP contribution in [0.15, 0.2) is 24.3 Å². The lowest BCUT2D eigenvalue weighted by atomic mass is 10.1. The smallest absolute Gasteiger partial charge is 0.310 e. The molecule has 0 spiro atoms. The first-order valence-electron chi connectivity index (χ1n) is 5.41. The van der Waals surface area contributed by atoms with Crippen molar-refractivity contribution >= 4 is 5.97 Å². The summed E-state index contributed by atoms with van der Waals surface area (Å²) in [7, 11) is 0. The third-order valence-corrected chi connectivity index (χ3v) is 2.19. The number of benzene rings is 1. The molecule has 84 valence electrons. The molecule has 0 unspecified atom stereocenters. The highest BCUT2D eigenvalue weighted by molar-refractivity contribution is 5.72. The molecule has 3 heteroatoms. The first-order valence-corrected chi connectivity index (χ1v) is 5.41. The Morgan fingerprint density at radius 1 is 1.38 bits per heavy atom. The minimum atomic E-state index is -0.210. The van der Waals surface area contributed by atoms with Crippen molar-refractivity contribution < 1.29 is 9.53 Å². The van der Waals surface area contributed by atoms with Crippen LogP contribution in [-0.4, -0.2) is 12.6 Å². The van der Waals surface area contributed by atoms with Crippen LogP contribution in [0.2, 0.25) is 0 Å². The van der Waals surface area contributed by atoms with E-state index in [1.807, 2.05) is 6.07 Å². The van der Waals surface area contributed by atoms with E-state index in [0.29, 0.717) is 12.2 Å². The van der Waals surface area contributed by atoms with Gasteiger partial charge in [-0.1, -0.05) is 25.5 Å². The standard InChI is InChI=1S/C13H15NO2/c1-2-3-8-16-13(15)9-11-4-6-12(10-14)7-5-11/h4-7H,2-3,8-9H2,1H3. The Hall–Kier alpha value is -1.82. The molecule has 0 aliphatic rings. The minimum Gasteiger partial charge on any atom is -0.465 e. The SMILES string of the molecule is CCCCOC(=O)Cc1ccc(C#N)cc1. The quantitative estimate of drug-likeness (QED) is 0.562. The second kappa shape index (κ2) is 6.62. The Morgan fingerprint density at radius 3 is 2.62 bits per heavy atom. The molecule has 0 aromatic heterocycles. The third-order valence-electron chi connectivity index (χ3n) is 2.19. The molecule has 0 bridgehead atoms. The van der Waals surface area contributed by atoms with Crippen molar-refractivity contribution in [3.05, 3.63) is 35.4 Å². The van der Waals surface area contributed by atoms with Crippen molar-refractivity contribution in [2.45, 2.75) is 26.2 Å². The number of carbonyl (C=O) groups is 1. The molecule has 3 nitrogen and oxygen atoms in total. The van der Waals surface area contributed by atoms with E-state index in [9.17, 15) is 4.79 Å². The fourth-order valence-corrected chi connectivity index (χ4v) is 1.25. The van der Waals surface area contributed by atoms with Crippen molar-refractivity contribution in [1.82, 2.24) is 0 Å². The van der Waals surface area contributed by atoms with Crippen LogP contribution in [0.1, 0.15) is 30.9 Å². The number of hydrogen-bond donors (Lipinski definition) is 0. The van der Waals surface area contributed by atoms with Crippen LogP contribution in [-0.2, 0) is 16.0 Å². The molecule has 1 aromatic carbocycles. The number of rotatable bonds is 5. The van der Waals surface area contributed by atoms with Gasteiger partial charge in [0.1, 0.15) is 0 Å². The van der Waals surface area contributed by atoms with Gasteiger partial charge in [-0.25, -0.2) is 0 Å². The Morgan fingerprint density at radius 2 is 2.06 bits per heavy atom. The van der Waals surface area contributed by atoms with Crippen LogP contribution in [0.25, 0.3) is 0 Å². The van der Waals surface area contributed by atoms with Crippen LogP contribution >= 0.6 is 0 Å². The van der Waals surface area contributed by atoms with E-state index >= 15 is 0 Å². The predicted molar refractivity (Wildman–Crippen MR) is 60.7 cm³/mol. The minimum absolute atomic E-state index is 0.210. The van der Waals surface area contributed by atoms with Gasteiger partial charge in [0.2, 0.25) is 0 Å². The topological polar surface area (TPSA) is 50.1 Å². The number of carbonyl (C=O) groups excluding carboxylic acids is 1. The van der Waals surface area contributed by atoms with Crippen LogP contribution in [0.3, 0.4) is 0 Å². The summed E-state index contributed by atoms with van der Waals surface area (Å²) in [6, 6.07) is 8.99. The van der Waals surface area contributed by atoms with Gasteiger partial charge in [-0.2, -0.15) is 5.26 Å². The van der Waals surface area contributed by atoms with Gasteiger partial charge in [0.25, 0.3) is 0 Å². The first-order chi connectivity index (χ1) is 7.76.